The summed E-state index contributed by atoms with van der Waals surface area (Å²) in [5, 5.41) is 4.32. The quantitative estimate of drug-likeness (QED) is 0.745. The third-order valence-corrected chi connectivity index (χ3v) is 5.24. The van der Waals surface area contributed by atoms with Crippen LogP contribution in [-0.4, -0.2) is 34.0 Å². The molecule has 2 aromatic heterocycles. The number of carbonyl (C=O) groups excluding carboxylic acids is 1. The van der Waals surface area contributed by atoms with E-state index in [0.717, 1.165) is 31.6 Å². The number of para-hydroxylation sites is 1. The van der Waals surface area contributed by atoms with E-state index in [4.69, 9.17) is 0 Å². The Balaban J connectivity index is 1.35. The summed E-state index contributed by atoms with van der Waals surface area (Å²) in [5.74, 6) is 0.486. The van der Waals surface area contributed by atoms with Gasteiger partial charge >= 0.3 is 6.03 Å². The molecule has 3 aromatic rings. The van der Waals surface area contributed by atoms with E-state index >= 15 is 0 Å². The number of hydrogen-bond donors (Lipinski definition) is 2. The molecule has 1 fully saturated rings. The molecule has 5 nitrogen and oxygen atoms in total. The van der Waals surface area contributed by atoms with Crippen LogP contribution in [0.3, 0.4) is 0 Å². The van der Waals surface area contributed by atoms with E-state index < -0.39 is 0 Å². The molecule has 0 spiro atoms. The highest BCUT2D eigenvalue weighted by Crippen LogP contribution is 2.30. The number of aromatic amines is 1. The molecule has 3 heterocycles. The van der Waals surface area contributed by atoms with Crippen molar-refractivity contribution >= 4 is 16.9 Å². The molecular weight excluding hydrogens is 324 g/mol. The number of hydrogen-bond acceptors (Lipinski definition) is 2. The summed E-state index contributed by atoms with van der Waals surface area (Å²) in [6.07, 6.45) is 3.72. The Morgan fingerprint density at radius 1 is 1.19 bits per heavy atom. The Bertz CT molecular complexity index is 848. The van der Waals surface area contributed by atoms with Gasteiger partial charge in [-0.3, -0.25) is 4.98 Å². The van der Waals surface area contributed by atoms with Gasteiger partial charge in [0.25, 0.3) is 0 Å². The van der Waals surface area contributed by atoms with Gasteiger partial charge in [0.1, 0.15) is 0 Å². The van der Waals surface area contributed by atoms with Crippen molar-refractivity contribution in [2.45, 2.75) is 31.7 Å². The molecule has 1 aliphatic heterocycles. The summed E-state index contributed by atoms with van der Waals surface area (Å²) in [5.41, 5.74) is 3.36. The van der Waals surface area contributed by atoms with Crippen molar-refractivity contribution in [3.63, 3.8) is 0 Å². The number of carbonyl (C=O) groups is 1. The summed E-state index contributed by atoms with van der Waals surface area (Å²) in [6, 6.07) is 16.3. The van der Waals surface area contributed by atoms with Gasteiger partial charge < -0.3 is 15.2 Å². The summed E-state index contributed by atoms with van der Waals surface area (Å²) in [4.78, 5) is 22.3. The molecule has 1 atom stereocenters. The minimum Gasteiger partial charge on any atom is -0.358 e. The van der Waals surface area contributed by atoms with Gasteiger partial charge in [-0.1, -0.05) is 24.3 Å². The molecule has 0 unspecified atom stereocenters. The predicted octanol–water partition coefficient (Wildman–Crippen LogP) is 4.21. The van der Waals surface area contributed by atoms with Crippen molar-refractivity contribution < 1.29 is 4.79 Å². The highest BCUT2D eigenvalue weighted by Gasteiger charge is 2.25. The second-order valence-corrected chi connectivity index (χ2v) is 7.00. The zero-order chi connectivity index (χ0) is 17.9. The molecule has 0 saturated carbocycles. The molecule has 2 N–H and O–H groups in total. The topological polar surface area (TPSA) is 61.0 Å². The van der Waals surface area contributed by atoms with E-state index in [1.807, 2.05) is 30.0 Å². The standard InChI is InChI=1S/C21H24N4O/c1-15(18-7-4-5-11-22-18)23-21(26)25-12-9-16(10-13-25)20-14-17-6-2-3-8-19(17)24-20/h2-8,11,14-16,24H,9-10,12-13H2,1H3,(H,23,26)/t15-/m0/s1. The van der Waals surface area contributed by atoms with Crippen LogP contribution >= 0.6 is 0 Å². The third kappa shape index (κ3) is 3.43. The second kappa shape index (κ2) is 7.20. The van der Waals surface area contributed by atoms with Crippen LogP contribution in [-0.2, 0) is 0 Å². The van der Waals surface area contributed by atoms with Gasteiger partial charge in [0.2, 0.25) is 0 Å². The number of pyridine rings is 1. The predicted molar refractivity (Wildman–Crippen MR) is 103 cm³/mol. The van der Waals surface area contributed by atoms with E-state index in [-0.39, 0.29) is 12.1 Å². The number of benzene rings is 1. The lowest BCUT2D eigenvalue weighted by atomic mass is 9.93. The van der Waals surface area contributed by atoms with Gasteiger partial charge in [0.15, 0.2) is 0 Å². The van der Waals surface area contributed by atoms with Crippen molar-refractivity contribution in [2.75, 3.05) is 13.1 Å². The number of piperidine rings is 1. The van der Waals surface area contributed by atoms with Gasteiger partial charge in [0.05, 0.1) is 11.7 Å². The summed E-state index contributed by atoms with van der Waals surface area (Å²) < 4.78 is 0. The van der Waals surface area contributed by atoms with Crippen LogP contribution in [0.1, 0.15) is 43.1 Å². The maximum atomic E-state index is 12.5. The van der Waals surface area contributed by atoms with E-state index in [1.54, 1.807) is 6.20 Å². The molecule has 134 valence electrons. The SMILES string of the molecule is C[C@H](NC(=O)N1CCC(c2cc3ccccc3[nH]2)CC1)c1ccccn1. The maximum absolute atomic E-state index is 12.5. The Morgan fingerprint density at radius 3 is 2.69 bits per heavy atom. The van der Waals surface area contributed by atoms with Crippen molar-refractivity contribution in [3.05, 3.63) is 66.1 Å². The monoisotopic (exact) mass is 348 g/mol. The fourth-order valence-corrected chi connectivity index (χ4v) is 3.69. The molecule has 1 aromatic carbocycles. The minimum atomic E-state index is -0.0878. The molecule has 0 radical (unpaired) electrons. The first-order valence-corrected chi connectivity index (χ1v) is 9.25. The number of aromatic nitrogens is 2. The lowest BCUT2D eigenvalue weighted by Gasteiger charge is -2.32. The average Bonchev–Trinajstić information content (AvgIpc) is 3.13. The summed E-state index contributed by atoms with van der Waals surface area (Å²) in [6.45, 7) is 3.53. The van der Waals surface area contributed by atoms with Crippen LogP contribution in [0.2, 0.25) is 0 Å². The highest BCUT2D eigenvalue weighted by atomic mass is 16.2. The van der Waals surface area contributed by atoms with E-state index in [2.05, 4.69) is 45.6 Å². The molecule has 0 bridgehead atoms. The number of urea groups is 1. The Hall–Kier alpha value is -2.82. The first kappa shape index (κ1) is 16.6. The number of nitrogens with zero attached hydrogens (tertiary/aromatic N) is 2. The van der Waals surface area contributed by atoms with Crippen LogP contribution in [0.5, 0.6) is 0 Å². The number of nitrogens with one attached hydrogen (secondary N) is 2. The zero-order valence-corrected chi connectivity index (χ0v) is 15.0. The van der Waals surface area contributed by atoms with Gasteiger partial charge in [0, 0.05) is 36.4 Å². The largest absolute Gasteiger partial charge is 0.358 e. The number of rotatable bonds is 3. The molecule has 5 heteroatoms. The van der Waals surface area contributed by atoms with Gasteiger partial charge in [-0.15, -0.1) is 0 Å². The Labute approximate surface area is 153 Å². The van der Waals surface area contributed by atoms with E-state index in [9.17, 15) is 4.79 Å². The minimum absolute atomic E-state index is 0.00162. The molecule has 2 amide bonds. The third-order valence-electron chi connectivity index (χ3n) is 5.24. The lowest BCUT2D eigenvalue weighted by molar-refractivity contribution is 0.178. The summed E-state index contributed by atoms with van der Waals surface area (Å²) >= 11 is 0. The van der Waals surface area contributed by atoms with E-state index in [1.165, 1.54) is 16.6 Å². The average molecular weight is 348 g/mol. The number of amides is 2. The first-order chi connectivity index (χ1) is 12.7. The van der Waals surface area contributed by atoms with Crippen molar-refractivity contribution in [1.82, 2.24) is 20.2 Å². The normalized spacial score (nSPS) is 16.6. The number of H-pyrrole nitrogens is 1. The molecule has 0 aliphatic carbocycles. The maximum Gasteiger partial charge on any atom is 0.317 e. The van der Waals surface area contributed by atoms with Crippen LogP contribution < -0.4 is 5.32 Å². The lowest BCUT2D eigenvalue weighted by Crippen LogP contribution is -2.45. The van der Waals surface area contributed by atoms with Crippen molar-refractivity contribution in [2.24, 2.45) is 0 Å². The van der Waals surface area contributed by atoms with Gasteiger partial charge in [-0.2, -0.15) is 0 Å². The Morgan fingerprint density at radius 2 is 1.96 bits per heavy atom. The van der Waals surface area contributed by atoms with Crippen LogP contribution in [0.15, 0.2) is 54.7 Å². The van der Waals surface area contributed by atoms with Crippen LogP contribution in [0.4, 0.5) is 4.79 Å². The summed E-state index contributed by atoms with van der Waals surface area (Å²) in [7, 11) is 0. The van der Waals surface area contributed by atoms with Gasteiger partial charge in [-0.05, 0) is 49.4 Å². The zero-order valence-electron chi connectivity index (χ0n) is 15.0. The Kier molecular flexibility index (Phi) is 4.61. The second-order valence-electron chi connectivity index (χ2n) is 7.00. The van der Waals surface area contributed by atoms with E-state index in [0.29, 0.717) is 5.92 Å². The van der Waals surface area contributed by atoms with Crippen molar-refractivity contribution in [3.8, 4) is 0 Å². The van der Waals surface area contributed by atoms with Crippen LogP contribution in [0, 0.1) is 0 Å². The van der Waals surface area contributed by atoms with Crippen LogP contribution in [0.25, 0.3) is 10.9 Å². The number of likely N-dealkylation sites (tertiary alicyclic amines) is 1. The fraction of sp³-hybridized carbons (Fsp3) is 0.333. The first-order valence-electron chi connectivity index (χ1n) is 9.25. The number of fused-ring (bicyclic) bond motifs is 1. The molecule has 26 heavy (non-hydrogen) atoms. The highest BCUT2D eigenvalue weighted by molar-refractivity contribution is 5.80. The molecule has 4 rings (SSSR count). The molecule has 1 aliphatic rings. The van der Waals surface area contributed by atoms with Gasteiger partial charge in [-0.25, -0.2) is 4.79 Å². The molecular formula is C21H24N4O. The fourth-order valence-electron chi connectivity index (χ4n) is 3.69. The molecule has 1 saturated heterocycles. The smallest absolute Gasteiger partial charge is 0.317 e. The van der Waals surface area contributed by atoms with Crippen molar-refractivity contribution in [1.29, 1.82) is 0 Å².